The summed E-state index contributed by atoms with van der Waals surface area (Å²) in [4.78, 5) is 15.9. The van der Waals surface area contributed by atoms with Crippen molar-refractivity contribution in [1.29, 1.82) is 0 Å². The lowest BCUT2D eigenvalue weighted by Crippen LogP contribution is -2.14. The minimum absolute atomic E-state index is 0.0429. The number of hydrogen-bond donors (Lipinski definition) is 2. The molecule has 0 saturated carbocycles. The molecule has 0 saturated heterocycles. The summed E-state index contributed by atoms with van der Waals surface area (Å²) >= 11 is 0. The topological polar surface area (TPSA) is 54.0 Å². The number of nitrogens with zero attached hydrogens (tertiary/aromatic N) is 1. The number of carbonyl (C=O) groups is 1. The van der Waals surface area contributed by atoms with Crippen molar-refractivity contribution in [2.24, 2.45) is 0 Å². The predicted molar refractivity (Wildman–Crippen MR) is 88.1 cm³/mol. The molecule has 0 fully saturated rings. The van der Waals surface area contributed by atoms with Gasteiger partial charge in [0, 0.05) is 6.20 Å². The summed E-state index contributed by atoms with van der Waals surface area (Å²) in [5, 5.41) is 4.52. The molecule has 27 heavy (non-hydrogen) atoms. The number of hydrogen-bond acceptors (Lipinski definition) is 3. The second-order valence-corrected chi connectivity index (χ2v) is 5.33. The Bertz CT molecular complexity index is 988. The Balaban J connectivity index is 1.75. The first kappa shape index (κ1) is 18.3. The molecule has 3 rings (SSSR count). The molecule has 0 radical (unpaired) electrons. The van der Waals surface area contributed by atoms with Crippen LogP contribution in [0.2, 0.25) is 0 Å². The van der Waals surface area contributed by atoms with Crippen LogP contribution in [0.15, 0.2) is 48.7 Å². The number of pyridine rings is 1. The molecule has 1 aromatic heterocycles. The lowest BCUT2D eigenvalue weighted by atomic mass is 10.2. The molecule has 1 amide bonds. The summed E-state index contributed by atoms with van der Waals surface area (Å²) in [7, 11) is 0. The van der Waals surface area contributed by atoms with E-state index in [2.05, 4.69) is 15.6 Å². The van der Waals surface area contributed by atoms with Crippen molar-refractivity contribution in [3.05, 3.63) is 83.3 Å². The Morgan fingerprint density at radius 3 is 2.15 bits per heavy atom. The van der Waals surface area contributed by atoms with Crippen molar-refractivity contribution < 1.29 is 26.7 Å². The molecule has 0 atom stereocenters. The van der Waals surface area contributed by atoms with E-state index in [-0.39, 0.29) is 11.4 Å². The average molecular weight is 379 g/mol. The summed E-state index contributed by atoms with van der Waals surface area (Å²) in [6.45, 7) is 0. The number of para-hydroxylation sites is 1. The Morgan fingerprint density at radius 1 is 0.815 bits per heavy atom. The number of aromatic nitrogens is 1. The minimum atomic E-state index is -1.71. The van der Waals surface area contributed by atoms with Crippen molar-refractivity contribution in [3.63, 3.8) is 0 Å². The maximum atomic E-state index is 13.6. The number of amides is 1. The van der Waals surface area contributed by atoms with E-state index in [1.54, 1.807) is 0 Å². The standard InChI is InChI=1S/C18H10F5N3O/c19-10-5-6-13(16(23)15(10)22)25-18(27)9-4-7-14(24-8-9)26-17-11(20)2-1-3-12(17)21/h1-8H,(H,24,26)(H,25,27). The molecule has 0 unspecified atom stereocenters. The monoisotopic (exact) mass is 379 g/mol. The van der Waals surface area contributed by atoms with Crippen molar-refractivity contribution in [2.75, 3.05) is 10.6 Å². The highest BCUT2D eigenvalue weighted by Gasteiger charge is 2.16. The van der Waals surface area contributed by atoms with E-state index >= 15 is 0 Å². The van der Waals surface area contributed by atoms with Gasteiger partial charge in [0.1, 0.15) is 23.1 Å². The lowest BCUT2D eigenvalue weighted by molar-refractivity contribution is 0.102. The molecule has 2 aromatic carbocycles. The summed E-state index contributed by atoms with van der Waals surface area (Å²) < 4.78 is 66.9. The fourth-order valence-electron chi connectivity index (χ4n) is 2.16. The fraction of sp³-hybridized carbons (Fsp3) is 0. The average Bonchev–Trinajstić information content (AvgIpc) is 2.66. The molecule has 4 nitrogen and oxygen atoms in total. The summed E-state index contributed by atoms with van der Waals surface area (Å²) in [6.07, 6.45) is 1.06. The molecule has 9 heteroatoms. The first-order chi connectivity index (χ1) is 12.9. The van der Waals surface area contributed by atoms with Gasteiger partial charge in [0.2, 0.25) is 0 Å². The molecular weight excluding hydrogens is 369 g/mol. The summed E-state index contributed by atoms with van der Waals surface area (Å²) in [5.41, 5.74) is -1.00. The van der Waals surface area contributed by atoms with Gasteiger partial charge in [-0.2, -0.15) is 0 Å². The minimum Gasteiger partial charge on any atom is -0.335 e. The van der Waals surface area contributed by atoms with Crippen LogP contribution < -0.4 is 10.6 Å². The zero-order valence-electron chi connectivity index (χ0n) is 13.4. The van der Waals surface area contributed by atoms with Crippen molar-refractivity contribution in [2.45, 2.75) is 0 Å². The van der Waals surface area contributed by atoms with Crippen LogP contribution in [0.5, 0.6) is 0 Å². The molecular formula is C18H10F5N3O. The zero-order valence-corrected chi connectivity index (χ0v) is 13.4. The molecule has 0 aliphatic carbocycles. The number of carbonyl (C=O) groups excluding carboxylic acids is 1. The van der Waals surface area contributed by atoms with E-state index < -0.39 is 46.4 Å². The Morgan fingerprint density at radius 2 is 1.52 bits per heavy atom. The van der Waals surface area contributed by atoms with Gasteiger partial charge in [0.15, 0.2) is 17.5 Å². The number of anilines is 3. The van der Waals surface area contributed by atoms with Crippen molar-refractivity contribution >= 4 is 23.1 Å². The Kier molecular flexibility index (Phi) is 5.02. The molecule has 1 heterocycles. The second kappa shape index (κ2) is 7.40. The molecule has 0 spiro atoms. The number of nitrogens with one attached hydrogen (secondary N) is 2. The zero-order chi connectivity index (χ0) is 19.6. The van der Waals surface area contributed by atoms with E-state index in [9.17, 15) is 26.7 Å². The molecule has 0 aliphatic rings. The van der Waals surface area contributed by atoms with E-state index in [0.29, 0.717) is 6.07 Å². The van der Waals surface area contributed by atoms with Gasteiger partial charge in [0.25, 0.3) is 5.91 Å². The third-order valence-corrected chi connectivity index (χ3v) is 3.52. The molecule has 0 bridgehead atoms. The predicted octanol–water partition coefficient (Wildman–Crippen LogP) is 4.77. The summed E-state index contributed by atoms with van der Waals surface area (Å²) in [6, 6.07) is 7.38. The third kappa shape index (κ3) is 3.86. The first-order valence-corrected chi connectivity index (χ1v) is 7.48. The van der Waals surface area contributed by atoms with Crippen molar-refractivity contribution in [3.8, 4) is 0 Å². The number of benzene rings is 2. The fourth-order valence-corrected chi connectivity index (χ4v) is 2.16. The number of rotatable bonds is 4. The van der Waals surface area contributed by atoms with Crippen LogP contribution in [-0.4, -0.2) is 10.9 Å². The van der Waals surface area contributed by atoms with Gasteiger partial charge in [-0.25, -0.2) is 26.9 Å². The van der Waals surface area contributed by atoms with Gasteiger partial charge in [-0.05, 0) is 36.4 Å². The van der Waals surface area contributed by atoms with Gasteiger partial charge in [-0.15, -0.1) is 0 Å². The second-order valence-electron chi connectivity index (χ2n) is 5.33. The van der Waals surface area contributed by atoms with Crippen LogP contribution in [0.4, 0.5) is 39.1 Å². The maximum Gasteiger partial charge on any atom is 0.257 e. The normalized spacial score (nSPS) is 10.6. The van der Waals surface area contributed by atoms with Crippen LogP contribution in [0, 0.1) is 29.1 Å². The van der Waals surface area contributed by atoms with E-state index in [1.165, 1.54) is 18.2 Å². The van der Waals surface area contributed by atoms with Gasteiger partial charge < -0.3 is 10.6 Å². The summed E-state index contributed by atoms with van der Waals surface area (Å²) in [5.74, 6) is -7.07. The van der Waals surface area contributed by atoms with Gasteiger partial charge in [-0.1, -0.05) is 6.07 Å². The third-order valence-electron chi connectivity index (χ3n) is 3.52. The smallest absolute Gasteiger partial charge is 0.257 e. The highest BCUT2D eigenvalue weighted by Crippen LogP contribution is 2.23. The molecule has 0 aliphatic heterocycles. The molecule has 138 valence electrons. The molecule has 2 N–H and O–H groups in total. The lowest BCUT2D eigenvalue weighted by Gasteiger charge is -2.09. The maximum absolute atomic E-state index is 13.6. The Hall–Kier alpha value is -3.49. The van der Waals surface area contributed by atoms with Crippen LogP contribution in [0.1, 0.15) is 10.4 Å². The van der Waals surface area contributed by atoms with E-state index in [0.717, 1.165) is 24.4 Å². The van der Waals surface area contributed by atoms with Gasteiger partial charge in [0.05, 0.1) is 11.3 Å². The first-order valence-electron chi connectivity index (χ1n) is 7.48. The molecule has 3 aromatic rings. The SMILES string of the molecule is O=C(Nc1ccc(F)c(F)c1F)c1ccc(Nc2c(F)cccc2F)nc1. The van der Waals surface area contributed by atoms with Crippen molar-refractivity contribution in [1.82, 2.24) is 4.98 Å². The highest BCUT2D eigenvalue weighted by atomic mass is 19.2. The van der Waals surface area contributed by atoms with Crippen LogP contribution in [-0.2, 0) is 0 Å². The van der Waals surface area contributed by atoms with Crippen LogP contribution in [0.3, 0.4) is 0 Å². The number of halogens is 5. The Labute approximate surface area is 149 Å². The van der Waals surface area contributed by atoms with Crippen LogP contribution >= 0.6 is 0 Å². The van der Waals surface area contributed by atoms with E-state index in [1.807, 2.05) is 0 Å². The highest BCUT2D eigenvalue weighted by molar-refractivity contribution is 6.04. The largest absolute Gasteiger partial charge is 0.335 e. The quantitative estimate of drug-likeness (QED) is 0.507. The van der Waals surface area contributed by atoms with Crippen LogP contribution in [0.25, 0.3) is 0 Å². The van der Waals surface area contributed by atoms with Gasteiger partial charge in [-0.3, -0.25) is 4.79 Å². The van der Waals surface area contributed by atoms with E-state index in [4.69, 9.17) is 0 Å². The van der Waals surface area contributed by atoms with Gasteiger partial charge >= 0.3 is 0 Å².